The highest BCUT2D eigenvalue weighted by atomic mass is 16.1. The molecule has 18 heavy (non-hydrogen) atoms. The Kier molecular flexibility index (Phi) is 4.03. The van der Waals surface area contributed by atoms with Gasteiger partial charge in [-0.1, -0.05) is 6.07 Å². The smallest absolute Gasteiger partial charge is 0.269 e. The van der Waals surface area contributed by atoms with E-state index in [2.05, 4.69) is 15.4 Å². The van der Waals surface area contributed by atoms with Gasteiger partial charge in [0.2, 0.25) is 0 Å². The summed E-state index contributed by atoms with van der Waals surface area (Å²) < 4.78 is 1.61. The maximum absolute atomic E-state index is 11.8. The van der Waals surface area contributed by atoms with Crippen LogP contribution in [0.15, 0.2) is 36.7 Å². The van der Waals surface area contributed by atoms with E-state index in [1.54, 1.807) is 41.3 Å². The predicted molar refractivity (Wildman–Crippen MR) is 67.4 cm³/mol. The summed E-state index contributed by atoms with van der Waals surface area (Å²) in [6.07, 6.45) is 4.19. The molecule has 0 fully saturated rings. The Balaban J connectivity index is 2.10. The van der Waals surface area contributed by atoms with Crippen molar-refractivity contribution in [3.63, 3.8) is 0 Å². The van der Waals surface area contributed by atoms with Crippen LogP contribution in [0.3, 0.4) is 0 Å². The second-order valence-corrected chi connectivity index (χ2v) is 3.73. The van der Waals surface area contributed by atoms with Crippen molar-refractivity contribution in [2.75, 3.05) is 13.1 Å². The number of nitrogens with zero attached hydrogens (tertiary/aromatic N) is 3. The van der Waals surface area contributed by atoms with Crippen LogP contribution in [0.1, 0.15) is 16.9 Å². The molecule has 3 N–H and O–H groups in total. The average molecular weight is 245 g/mol. The van der Waals surface area contributed by atoms with Gasteiger partial charge in [-0.15, -0.1) is 0 Å². The van der Waals surface area contributed by atoms with Crippen molar-refractivity contribution in [1.82, 2.24) is 20.1 Å². The van der Waals surface area contributed by atoms with Crippen LogP contribution in [-0.2, 0) is 0 Å². The number of nitrogens with two attached hydrogens (primary N) is 1. The van der Waals surface area contributed by atoms with E-state index in [1.807, 2.05) is 0 Å². The summed E-state index contributed by atoms with van der Waals surface area (Å²) in [4.78, 5) is 16.0. The molecule has 0 radical (unpaired) electrons. The summed E-state index contributed by atoms with van der Waals surface area (Å²) in [5, 5.41) is 6.83. The van der Waals surface area contributed by atoms with Gasteiger partial charge in [0, 0.05) is 18.9 Å². The molecule has 0 atom stereocenters. The molecule has 0 aliphatic rings. The lowest BCUT2D eigenvalue weighted by molar-refractivity contribution is 0.0948. The van der Waals surface area contributed by atoms with Gasteiger partial charge in [0.05, 0.1) is 0 Å². The molecule has 0 saturated carbocycles. The summed E-state index contributed by atoms with van der Waals surface area (Å²) in [6.45, 7) is 1.12. The summed E-state index contributed by atoms with van der Waals surface area (Å²) in [7, 11) is 0. The Bertz CT molecular complexity index is 509. The Hall–Kier alpha value is -2.21. The first-order chi connectivity index (χ1) is 8.81. The fraction of sp³-hybridized carbons (Fsp3) is 0.250. The van der Waals surface area contributed by atoms with E-state index in [0.29, 0.717) is 24.6 Å². The molecule has 6 nitrogen and oxygen atoms in total. The highest BCUT2D eigenvalue weighted by Crippen LogP contribution is 2.04. The maximum Gasteiger partial charge on any atom is 0.269 e. The molecule has 0 aromatic carbocycles. The Morgan fingerprint density at radius 1 is 1.39 bits per heavy atom. The summed E-state index contributed by atoms with van der Waals surface area (Å²) in [5.41, 5.74) is 5.74. The van der Waals surface area contributed by atoms with Crippen molar-refractivity contribution < 1.29 is 4.79 Å². The first kappa shape index (κ1) is 12.3. The molecule has 2 aromatic heterocycles. The number of nitrogens with one attached hydrogen (secondary N) is 1. The van der Waals surface area contributed by atoms with Crippen molar-refractivity contribution in [3.8, 4) is 5.82 Å². The number of rotatable bonds is 5. The molecule has 0 aliphatic carbocycles. The van der Waals surface area contributed by atoms with E-state index in [9.17, 15) is 4.79 Å². The molecule has 0 saturated heterocycles. The highest BCUT2D eigenvalue weighted by molar-refractivity contribution is 5.92. The van der Waals surface area contributed by atoms with Crippen LogP contribution in [-0.4, -0.2) is 33.8 Å². The van der Waals surface area contributed by atoms with Crippen LogP contribution < -0.4 is 11.1 Å². The van der Waals surface area contributed by atoms with E-state index in [1.165, 1.54) is 0 Å². The van der Waals surface area contributed by atoms with Crippen LogP contribution in [0.4, 0.5) is 0 Å². The van der Waals surface area contributed by atoms with Crippen molar-refractivity contribution >= 4 is 5.91 Å². The largest absolute Gasteiger partial charge is 0.351 e. The molecule has 94 valence electrons. The monoisotopic (exact) mass is 245 g/mol. The van der Waals surface area contributed by atoms with Gasteiger partial charge in [-0.2, -0.15) is 5.10 Å². The standard InChI is InChI=1S/C12H15N5O/c13-6-2-7-14-12(18)10-4-1-5-11(16-10)17-9-3-8-15-17/h1,3-5,8-9H,2,6-7,13H2,(H,14,18). The lowest BCUT2D eigenvalue weighted by Crippen LogP contribution is -2.27. The number of carbonyl (C=O) groups is 1. The molecule has 2 aromatic rings. The van der Waals surface area contributed by atoms with Crippen LogP contribution in [0.5, 0.6) is 0 Å². The molecule has 1 amide bonds. The van der Waals surface area contributed by atoms with E-state index in [4.69, 9.17) is 5.73 Å². The lowest BCUT2D eigenvalue weighted by atomic mass is 10.3. The van der Waals surface area contributed by atoms with Crippen LogP contribution in [0.2, 0.25) is 0 Å². The van der Waals surface area contributed by atoms with Gasteiger partial charge in [-0.25, -0.2) is 9.67 Å². The molecule has 0 bridgehead atoms. The van der Waals surface area contributed by atoms with Gasteiger partial charge in [0.15, 0.2) is 5.82 Å². The van der Waals surface area contributed by atoms with E-state index in [-0.39, 0.29) is 5.91 Å². The zero-order valence-corrected chi connectivity index (χ0v) is 9.91. The second kappa shape index (κ2) is 5.92. The van der Waals surface area contributed by atoms with Crippen LogP contribution >= 0.6 is 0 Å². The first-order valence-electron chi connectivity index (χ1n) is 5.76. The van der Waals surface area contributed by atoms with Crippen molar-refractivity contribution in [2.45, 2.75) is 6.42 Å². The number of hydrogen-bond acceptors (Lipinski definition) is 4. The third kappa shape index (κ3) is 2.92. The number of aromatic nitrogens is 3. The normalized spacial score (nSPS) is 10.3. The SMILES string of the molecule is NCCCNC(=O)c1cccc(-n2cccn2)n1. The zero-order chi connectivity index (χ0) is 12.8. The molecule has 2 rings (SSSR count). The van der Waals surface area contributed by atoms with Crippen LogP contribution in [0, 0.1) is 0 Å². The lowest BCUT2D eigenvalue weighted by Gasteiger charge is -2.05. The van der Waals surface area contributed by atoms with E-state index < -0.39 is 0 Å². The molecule has 6 heteroatoms. The molecule has 0 spiro atoms. The first-order valence-corrected chi connectivity index (χ1v) is 5.76. The van der Waals surface area contributed by atoms with Gasteiger partial charge in [-0.05, 0) is 31.2 Å². The fourth-order valence-electron chi connectivity index (χ4n) is 1.48. The van der Waals surface area contributed by atoms with Gasteiger partial charge < -0.3 is 11.1 Å². The van der Waals surface area contributed by atoms with E-state index >= 15 is 0 Å². The van der Waals surface area contributed by atoms with Crippen molar-refractivity contribution in [2.24, 2.45) is 5.73 Å². The number of carbonyl (C=O) groups excluding carboxylic acids is 1. The maximum atomic E-state index is 11.8. The quantitative estimate of drug-likeness (QED) is 0.744. The molecule has 0 aliphatic heterocycles. The Labute approximate surface area is 105 Å². The number of hydrogen-bond donors (Lipinski definition) is 2. The molecular formula is C12H15N5O. The minimum atomic E-state index is -0.197. The Morgan fingerprint density at radius 2 is 2.28 bits per heavy atom. The zero-order valence-electron chi connectivity index (χ0n) is 9.91. The van der Waals surface area contributed by atoms with Crippen molar-refractivity contribution in [1.29, 1.82) is 0 Å². The third-order valence-corrected chi connectivity index (χ3v) is 2.37. The van der Waals surface area contributed by atoms with Gasteiger partial charge in [-0.3, -0.25) is 4.79 Å². The van der Waals surface area contributed by atoms with Crippen LogP contribution in [0.25, 0.3) is 5.82 Å². The molecular weight excluding hydrogens is 230 g/mol. The van der Waals surface area contributed by atoms with E-state index in [0.717, 1.165) is 6.42 Å². The summed E-state index contributed by atoms with van der Waals surface area (Å²) >= 11 is 0. The third-order valence-electron chi connectivity index (χ3n) is 2.37. The van der Waals surface area contributed by atoms with Gasteiger partial charge in [0.1, 0.15) is 5.69 Å². The second-order valence-electron chi connectivity index (χ2n) is 3.73. The molecule has 2 heterocycles. The predicted octanol–water partition coefficient (Wildman–Crippen LogP) is 0.346. The van der Waals surface area contributed by atoms with Gasteiger partial charge in [0.25, 0.3) is 5.91 Å². The fourth-order valence-corrected chi connectivity index (χ4v) is 1.48. The number of pyridine rings is 1. The molecule has 0 unspecified atom stereocenters. The number of amides is 1. The Morgan fingerprint density at radius 3 is 3.00 bits per heavy atom. The van der Waals surface area contributed by atoms with Gasteiger partial charge >= 0.3 is 0 Å². The minimum absolute atomic E-state index is 0.197. The summed E-state index contributed by atoms with van der Waals surface area (Å²) in [5.74, 6) is 0.420. The average Bonchev–Trinajstić information content (AvgIpc) is 2.93. The summed E-state index contributed by atoms with van der Waals surface area (Å²) in [6, 6.07) is 7.05. The minimum Gasteiger partial charge on any atom is -0.351 e. The topological polar surface area (TPSA) is 85.8 Å². The van der Waals surface area contributed by atoms with Crippen molar-refractivity contribution in [3.05, 3.63) is 42.4 Å². The highest BCUT2D eigenvalue weighted by Gasteiger charge is 2.07.